The Morgan fingerprint density at radius 2 is 1.89 bits per heavy atom. The third-order valence-electron chi connectivity index (χ3n) is 3.68. The molecular formula is C14H14Cl2N2O. The fraction of sp³-hybridized carbons (Fsp3) is 0.357. The molecule has 2 N–H and O–H groups in total. The van der Waals surface area contributed by atoms with Crippen molar-refractivity contribution in [3.05, 3.63) is 34.0 Å². The van der Waals surface area contributed by atoms with E-state index < -0.39 is 0 Å². The average Bonchev–Trinajstić information content (AvgIpc) is 3.01. The summed E-state index contributed by atoms with van der Waals surface area (Å²) in [6.07, 6.45) is 4.71. The van der Waals surface area contributed by atoms with E-state index in [0.717, 1.165) is 29.7 Å². The lowest BCUT2D eigenvalue weighted by molar-refractivity contribution is 0.363. The van der Waals surface area contributed by atoms with Crippen molar-refractivity contribution < 1.29 is 4.52 Å². The van der Waals surface area contributed by atoms with Crippen molar-refractivity contribution in [1.29, 1.82) is 0 Å². The highest BCUT2D eigenvalue weighted by atomic mass is 35.5. The molecule has 1 fully saturated rings. The maximum atomic E-state index is 6.07. The molecule has 0 amide bonds. The van der Waals surface area contributed by atoms with Gasteiger partial charge in [0.2, 0.25) is 0 Å². The lowest BCUT2D eigenvalue weighted by Gasteiger charge is -2.08. The van der Waals surface area contributed by atoms with E-state index in [9.17, 15) is 0 Å². The molecule has 100 valence electrons. The molecule has 1 aliphatic carbocycles. The maximum Gasteiger partial charge on any atom is 0.175 e. The quantitative estimate of drug-likeness (QED) is 0.858. The summed E-state index contributed by atoms with van der Waals surface area (Å²) >= 11 is 12.0. The number of nitrogen functional groups attached to an aromatic ring is 1. The van der Waals surface area contributed by atoms with Gasteiger partial charge in [0.05, 0.1) is 15.6 Å². The van der Waals surface area contributed by atoms with E-state index in [0.29, 0.717) is 21.8 Å². The molecule has 1 heterocycles. The lowest BCUT2D eigenvalue weighted by Crippen LogP contribution is -1.95. The Morgan fingerprint density at radius 1 is 1.16 bits per heavy atom. The number of hydrogen-bond donors (Lipinski definition) is 1. The van der Waals surface area contributed by atoms with E-state index in [-0.39, 0.29) is 0 Å². The number of benzene rings is 1. The number of anilines is 1. The summed E-state index contributed by atoms with van der Waals surface area (Å²) in [5.74, 6) is 1.71. The Hall–Kier alpha value is -1.19. The number of nitrogens with zero attached hydrogens (tertiary/aromatic N) is 1. The first-order valence-electron chi connectivity index (χ1n) is 6.37. The summed E-state index contributed by atoms with van der Waals surface area (Å²) in [5.41, 5.74) is 7.73. The topological polar surface area (TPSA) is 52.0 Å². The molecule has 0 radical (unpaired) electrons. The van der Waals surface area contributed by atoms with Crippen LogP contribution in [0.5, 0.6) is 0 Å². The van der Waals surface area contributed by atoms with E-state index in [1.165, 1.54) is 12.8 Å². The normalized spacial score (nSPS) is 16.1. The monoisotopic (exact) mass is 296 g/mol. The molecule has 1 aromatic heterocycles. The highest BCUT2D eigenvalue weighted by Gasteiger charge is 2.27. The van der Waals surface area contributed by atoms with Crippen LogP contribution >= 0.6 is 23.2 Å². The summed E-state index contributed by atoms with van der Waals surface area (Å²) in [6, 6.07) is 5.48. The van der Waals surface area contributed by atoms with Gasteiger partial charge in [0.15, 0.2) is 5.82 Å². The minimum absolute atomic E-state index is 0.411. The standard InChI is InChI=1S/C14H14Cl2N2O/c15-10-6-5-9(7-11(10)16)12-13(19-18-14(12)17)8-3-1-2-4-8/h5-8H,1-4H2,(H2,17,18). The fourth-order valence-electron chi connectivity index (χ4n) is 2.72. The first-order valence-corrected chi connectivity index (χ1v) is 7.13. The molecule has 0 bridgehead atoms. The molecule has 1 saturated carbocycles. The summed E-state index contributed by atoms with van der Waals surface area (Å²) in [5, 5.41) is 4.96. The number of rotatable bonds is 2. The van der Waals surface area contributed by atoms with Gasteiger partial charge in [0.1, 0.15) is 5.76 Å². The van der Waals surface area contributed by atoms with Gasteiger partial charge in [-0.3, -0.25) is 0 Å². The molecule has 5 heteroatoms. The Balaban J connectivity index is 2.08. The van der Waals surface area contributed by atoms with E-state index in [1.54, 1.807) is 6.07 Å². The molecule has 19 heavy (non-hydrogen) atoms. The molecular weight excluding hydrogens is 283 g/mol. The summed E-state index contributed by atoms with van der Waals surface area (Å²) in [7, 11) is 0. The number of nitrogens with two attached hydrogens (primary N) is 1. The van der Waals surface area contributed by atoms with Crippen molar-refractivity contribution in [1.82, 2.24) is 5.16 Å². The second-order valence-corrected chi connectivity index (χ2v) is 5.73. The molecule has 0 saturated heterocycles. The van der Waals surface area contributed by atoms with Crippen LogP contribution in [0.25, 0.3) is 11.1 Å². The number of halogens is 2. The van der Waals surface area contributed by atoms with Gasteiger partial charge in [-0.2, -0.15) is 0 Å². The van der Waals surface area contributed by atoms with E-state index >= 15 is 0 Å². The molecule has 1 aromatic carbocycles. The predicted molar refractivity (Wildman–Crippen MR) is 77.6 cm³/mol. The third-order valence-corrected chi connectivity index (χ3v) is 4.42. The minimum Gasteiger partial charge on any atom is -0.380 e. The highest BCUT2D eigenvalue weighted by molar-refractivity contribution is 6.42. The largest absolute Gasteiger partial charge is 0.380 e. The highest BCUT2D eigenvalue weighted by Crippen LogP contribution is 2.42. The van der Waals surface area contributed by atoms with Gasteiger partial charge in [0, 0.05) is 5.92 Å². The minimum atomic E-state index is 0.411. The van der Waals surface area contributed by atoms with Crippen molar-refractivity contribution >= 4 is 29.0 Å². The van der Waals surface area contributed by atoms with Crippen molar-refractivity contribution in [3.63, 3.8) is 0 Å². The van der Waals surface area contributed by atoms with E-state index in [1.807, 2.05) is 12.1 Å². The van der Waals surface area contributed by atoms with Gasteiger partial charge >= 0.3 is 0 Å². The Morgan fingerprint density at radius 3 is 2.58 bits per heavy atom. The van der Waals surface area contributed by atoms with Crippen LogP contribution in [-0.2, 0) is 0 Å². The van der Waals surface area contributed by atoms with Gasteiger partial charge < -0.3 is 10.3 Å². The number of aromatic nitrogens is 1. The van der Waals surface area contributed by atoms with Crippen LogP contribution in [0.4, 0.5) is 5.82 Å². The van der Waals surface area contributed by atoms with E-state index in [2.05, 4.69) is 5.16 Å². The molecule has 0 spiro atoms. The summed E-state index contributed by atoms with van der Waals surface area (Å²) in [4.78, 5) is 0. The van der Waals surface area contributed by atoms with Crippen molar-refractivity contribution in [2.24, 2.45) is 0 Å². The second-order valence-electron chi connectivity index (χ2n) is 4.92. The van der Waals surface area contributed by atoms with Crippen LogP contribution in [0.2, 0.25) is 10.0 Å². The number of hydrogen-bond acceptors (Lipinski definition) is 3. The Bertz CT molecular complexity index is 603. The second kappa shape index (κ2) is 5.06. The van der Waals surface area contributed by atoms with Crippen molar-refractivity contribution in [2.75, 3.05) is 5.73 Å². The maximum absolute atomic E-state index is 6.07. The van der Waals surface area contributed by atoms with Crippen LogP contribution in [0.15, 0.2) is 22.7 Å². The Labute approximate surface area is 121 Å². The van der Waals surface area contributed by atoms with Gasteiger partial charge in [0.25, 0.3) is 0 Å². The van der Waals surface area contributed by atoms with Crippen LogP contribution in [0.1, 0.15) is 37.4 Å². The molecule has 0 unspecified atom stereocenters. The van der Waals surface area contributed by atoms with Crippen molar-refractivity contribution in [3.8, 4) is 11.1 Å². The molecule has 0 atom stereocenters. The van der Waals surface area contributed by atoms with Gasteiger partial charge in [-0.1, -0.05) is 47.3 Å². The summed E-state index contributed by atoms with van der Waals surface area (Å²) in [6.45, 7) is 0. The van der Waals surface area contributed by atoms with Gasteiger partial charge in [-0.25, -0.2) is 0 Å². The van der Waals surface area contributed by atoms with Gasteiger partial charge in [-0.15, -0.1) is 0 Å². The predicted octanol–water partition coefficient (Wildman–Crippen LogP) is 4.89. The molecule has 3 nitrogen and oxygen atoms in total. The zero-order chi connectivity index (χ0) is 13.4. The smallest absolute Gasteiger partial charge is 0.175 e. The van der Waals surface area contributed by atoms with Crippen LogP contribution in [-0.4, -0.2) is 5.16 Å². The van der Waals surface area contributed by atoms with Crippen LogP contribution < -0.4 is 5.73 Å². The van der Waals surface area contributed by atoms with E-state index in [4.69, 9.17) is 33.5 Å². The molecule has 1 aliphatic rings. The SMILES string of the molecule is Nc1noc(C2CCCC2)c1-c1ccc(Cl)c(Cl)c1. The first-order chi connectivity index (χ1) is 9.16. The molecule has 0 aliphatic heterocycles. The van der Waals surface area contributed by atoms with Crippen LogP contribution in [0.3, 0.4) is 0 Å². The average molecular weight is 297 g/mol. The third kappa shape index (κ3) is 2.33. The Kier molecular flexibility index (Phi) is 3.42. The molecule has 2 aromatic rings. The lowest BCUT2D eigenvalue weighted by atomic mass is 9.96. The summed E-state index contributed by atoms with van der Waals surface area (Å²) < 4.78 is 5.45. The first kappa shape index (κ1) is 12.8. The zero-order valence-electron chi connectivity index (χ0n) is 10.3. The van der Waals surface area contributed by atoms with Crippen molar-refractivity contribution in [2.45, 2.75) is 31.6 Å². The fourth-order valence-corrected chi connectivity index (χ4v) is 3.02. The van der Waals surface area contributed by atoms with Gasteiger partial charge in [-0.05, 0) is 30.5 Å². The van der Waals surface area contributed by atoms with Crippen LogP contribution in [0, 0.1) is 0 Å². The zero-order valence-corrected chi connectivity index (χ0v) is 11.8. The molecule has 3 rings (SSSR count).